The Kier molecular flexibility index (Phi) is 5.83. The van der Waals surface area contributed by atoms with Crippen LogP contribution in [0, 0.1) is 0 Å². The minimum Gasteiger partial charge on any atom is -0.453 e. The summed E-state index contributed by atoms with van der Waals surface area (Å²) >= 11 is 1.39. The van der Waals surface area contributed by atoms with E-state index in [0.29, 0.717) is 11.3 Å². The zero-order valence-corrected chi connectivity index (χ0v) is 16.8. The molecule has 150 valence electrons. The average molecular weight is 405 g/mol. The first-order chi connectivity index (χ1) is 13.3. The first-order valence-corrected chi connectivity index (χ1v) is 10.1. The number of nitrogens with two attached hydrogens (primary N) is 1. The number of esters is 1. The molecule has 2 N–H and O–H groups in total. The third kappa shape index (κ3) is 3.66. The van der Waals surface area contributed by atoms with Crippen molar-refractivity contribution in [3.8, 4) is 0 Å². The molecule has 0 atom stereocenters. The highest BCUT2D eigenvalue weighted by Crippen LogP contribution is 2.30. The predicted molar refractivity (Wildman–Crippen MR) is 106 cm³/mol. The van der Waals surface area contributed by atoms with E-state index in [0.717, 1.165) is 30.3 Å². The highest BCUT2D eigenvalue weighted by atomic mass is 32.1. The number of nitrogens with zero attached hydrogens (tertiary/aromatic N) is 2. The van der Waals surface area contributed by atoms with Crippen LogP contribution in [0.4, 0.5) is 5.82 Å². The lowest BCUT2D eigenvalue weighted by molar-refractivity contribution is 0.0479. The summed E-state index contributed by atoms with van der Waals surface area (Å²) in [5, 5.41) is 0. The minimum absolute atomic E-state index is 0.192. The summed E-state index contributed by atoms with van der Waals surface area (Å²) in [5.41, 5.74) is 5.38. The van der Waals surface area contributed by atoms with Gasteiger partial charge in [0.15, 0.2) is 6.61 Å². The van der Waals surface area contributed by atoms with Gasteiger partial charge in [0.1, 0.15) is 16.3 Å². The number of anilines is 1. The number of Topliss-reactive ketones (excluding diaryl/α,β-unsaturated/α-hetero) is 1. The van der Waals surface area contributed by atoms with Crippen LogP contribution < -0.4 is 17.0 Å². The number of fused-ring (bicyclic) bond motifs is 1. The molecule has 1 aliphatic rings. The van der Waals surface area contributed by atoms with Crippen LogP contribution in [0.25, 0.3) is 0 Å². The van der Waals surface area contributed by atoms with E-state index in [9.17, 15) is 19.2 Å². The zero-order valence-electron chi connectivity index (χ0n) is 15.9. The fourth-order valence-electron chi connectivity index (χ4n) is 3.35. The summed E-state index contributed by atoms with van der Waals surface area (Å²) in [4.78, 5) is 51.1. The molecule has 0 spiro atoms. The molecule has 1 aliphatic carbocycles. The molecule has 2 aromatic heterocycles. The number of carbonyl (C=O) groups excluding carboxylic acids is 2. The second kappa shape index (κ2) is 8.14. The fraction of sp³-hybridized carbons (Fsp3) is 0.474. The van der Waals surface area contributed by atoms with E-state index in [4.69, 9.17) is 10.5 Å². The van der Waals surface area contributed by atoms with Crippen LogP contribution in [0.3, 0.4) is 0 Å². The van der Waals surface area contributed by atoms with Gasteiger partial charge in [-0.2, -0.15) is 0 Å². The van der Waals surface area contributed by atoms with Crippen molar-refractivity contribution in [1.82, 2.24) is 9.13 Å². The maximum Gasteiger partial charge on any atom is 0.348 e. The van der Waals surface area contributed by atoms with Crippen LogP contribution in [-0.4, -0.2) is 27.5 Å². The Bertz CT molecular complexity index is 1020. The number of carbonyl (C=O) groups is 2. The molecule has 0 fully saturated rings. The number of hydrogen-bond donors (Lipinski definition) is 1. The van der Waals surface area contributed by atoms with E-state index < -0.39 is 29.6 Å². The molecule has 0 aliphatic heterocycles. The summed E-state index contributed by atoms with van der Waals surface area (Å²) in [6, 6.07) is 1.82. The van der Waals surface area contributed by atoms with Gasteiger partial charge in [0.2, 0.25) is 5.78 Å². The summed E-state index contributed by atoms with van der Waals surface area (Å²) in [7, 11) is 1.29. The Morgan fingerprint density at radius 3 is 2.64 bits per heavy atom. The fourth-order valence-corrected chi connectivity index (χ4v) is 4.50. The van der Waals surface area contributed by atoms with Gasteiger partial charge in [0.25, 0.3) is 5.56 Å². The highest BCUT2D eigenvalue weighted by molar-refractivity contribution is 7.14. The van der Waals surface area contributed by atoms with E-state index in [1.807, 2.05) is 13.0 Å². The molecule has 0 saturated carbocycles. The van der Waals surface area contributed by atoms with Crippen LogP contribution in [-0.2, 0) is 31.2 Å². The van der Waals surface area contributed by atoms with Crippen LogP contribution >= 0.6 is 11.3 Å². The molecule has 2 heterocycles. The zero-order chi connectivity index (χ0) is 20.4. The van der Waals surface area contributed by atoms with Crippen LogP contribution in [0.15, 0.2) is 15.7 Å². The number of ether oxygens (including phenoxy) is 1. The van der Waals surface area contributed by atoms with Crippen molar-refractivity contribution in [2.75, 3.05) is 12.3 Å². The van der Waals surface area contributed by atoms with E-state index in [1.165, 1.54) is 33.4 Å². The molecule has 0 radical (unpaired) electrons. The average Bonchev–Trinajstić information content (AvgIpc) is 3.12. The lowest BCUT2D eigenvalue weighted by Gasteiger charge is -2.13. The Morgan fingerprint density at radius 2 is 1.96 bits per heavy atom. The number of aromatic nitrogens is 2. The van der Waals surface area contributed by atoms with E-state index >= 15 is 0 Å². The third-order valence-electron chi connectivity index (χ3n) is 4.84. The van der Waals surface area contributed by atoms with E-state index in [2.05, 4.69) is 0 Å². The van der Waals surface area contributed by atoms with Crippen molar-refractivity contribution in [3.05, 3.63) is 47.8 Å². The molecule has 0 unspecified atom stereocenters. The van der Waals surface area contributed by atoms with Crippen LogP contribution in [0.5, 0.6) is 0 Å². The molecule has 9 heteroatoms. The molecular weight excluding hydrogens is 382 g/mol. The molecule has 0 aromatic carbocycles. The van der Waals surface area contributed by atoms with Crippen LogP contribution in [0.1, 0.15) is 56.7 Å². The number of rotatable bonds is 6. The number of hydrogen-bond acceptors (Lipinski definition) is 7. The van der Waals surface area contributed by atoms with Crippen molar-refractivity contribution < 1.29 is 14.3 Å². The van der Waals surface area contributed by atoms with Gasteiger partial charge >= 0.3 is 11.7 Å². The monoisotopic (exact) mass is 405 g/mol. The summed E-state index contributed by atoms with van der Waals surface area (Å²) in [5.74, 6) is -1.51. The smallest absolute Gasteiger partial charge is 0.348 e. The summed E-state index contributed by atoms with van der Waals surface area (Å²) in [6.07, 6.45) is 4.72. The van der Waals surface area contributed by atoms with Gasteiger partial charge in [0.05, 0.1) is 0 Å². The maximum absolute atomic E-state index is 12.6. The van der Waals surface area contributed by atoms with Crippen molar-refractivity contribution in [2.45, 2.75) is 45.6 Å². The minimum atomic E-state index is -0.789. The first kappa shape index (κ1) is 20.1. The number of thiophene rings is 1. The second-order valence-electron chi connectivity index (χ2n) is 6.82. The molecular formula is C19H23N3O5S. The standard InChI is InChI=1S/C19H23N3O5S/c1-3-8-22-16(20)15(17(24)21(2)19(22)26)12(23)10-27-18(25)14-9-11-6-4-5-7-13(11)28-14/h9H,3-8,10,20H2,1-2H3. The van der Waals surface area contributed by atoms with Gasteiger partial charge in [-0.05, 0) is 43.7 Å². The number of nitrogen functional groups attached to an aromatic ring is 1. The third-order valence-corrected chi connectivity index (χ3v) is 6.06. The van der Waals surface area contributed by atoms with Gasteiger partial charge < -0.3 is 10.5 Å². The van der Waals surface area contributed by atoms with Gasteiger partial charge in [-0.3, -0.25) is 18.7 Å². The maximum atomic E-state index is 12.6. The van der Waals surface area contributed by atoms with Gasteiger partial charge in [0, 0.05) is 18.5 Å². The van der Waals surface area contributed by atoms with Gasteiger partial charge in [-0.25, -0.2) is 9.59 Å². The topological polar surface area (TPSA) is 113 Å². The number of aryl methyl sites for hydroxylation is 2. The van der Waals surface area contributed by atoms with Gasteiger partial charge in [-0.15, -0.1) is 11.3 Å². The summed E-state index contributed by atoms with van der Waals surface area (Å²) < 4.78 is 7.16. The molecule has 0 saturated heterocycles. The lowest BCUT2D eigenvalue weighted by Crippen LogP contribution is -2.43. The second-order valence-corrected chi connectivity index (χ2v) is 7.96. The van der Waals surface area contributed by atoms with Crippen molar-refractivity contribution in [1.29, 1.82) is 0 Å². The van der Waals surface area contributed by atoms with Gasteiger partial charge in [-0.1, -0.05) is 6.92 Å². The molecule has 3 rings (SSSR count). The Hall–Kier alpha value is -2.68. The highest BCUT2D eigenvalue weighted by Gasteiger charge is 2.24. The Labute approximate surface area is 165 Å². The van der Waals surface area contributed by atoms with Crippen molar-refractivity contribution >= 4 is 28.9 Å². The summed E-state index contributed by atoms with van der Waals surface area (Å²) in [6.45, 7) is 1.52. The lowest BCUT2D eigenvalue weighted by atomic mass is 9.99. The molecule has 28 heavy (non-hydrogen) atoms. The van der Waals surface area contributed by atoms with Crippen molar-refractivity contribution in [2.24, 2.45) is 7.05 Å². The first-order valence-electron chi connectivity index (χ1n) is 9.26. The van der Waals surface area contributed by atoms with Crippen molar-refractivity contribution in [3.63, 3.8) is 0 Å². The molecule has 8 nitrogen and oxygen atoms in total. The van der Waals surface area contributed by atoms with E-state index in [-0.39, 0.29) is 17.9 Å². The predicted octanol–water partition coefficient (Wildman–Crippen LogP) is 1.52. The SMILES string of the molecule is CCCn1c(N)c(C(=O)COC(=O)c2cc3c(s2)CCCC3)c(=O)n(C)c1=O. The quantitative estimate of drug-likeness (QED) is 0.576. The normalized spacial score (nSPS) is 13.2. The Morgan fingerprint density at radius 1 is 1.25 bits per heavy atom. The van der Waals surface area contributed by atoms with Crippen LogP contribution in [0.2, 0.25) is 0 Å². The number of ketones is 1. The molecule has 2 aromatic rings. The Balaban J connectivity index is 1.80. The largest absolute Gasteiger partial charge is 0.453 e. The molecule has 0 amide bonds. The van der Waals surface area contributed by atoms with E-state index in [1.54, 1.807) is 0 Å². The molecule has 0 bridgehead atoms.